The van der Waals surface area contributed by atoms with Crippen LogP contribution >= 0.6 is 11.8 Å². The summed E-state index contributed by atoms with van der Waals surface area (Å²) >= 11 is 1.05. The van der Waals surface area contributed by atoms with Gasteiger partial charge in [0.15, 0.2) is 16.7 Å². The smallest absolute Gasteiger partial charge is 0.435 e. The van der Waals surface area contributed by atoms with Crippen LogP contribution in [0.3, 0.4) is 0 Å². The van der Waals surface area contributed by atoms with Crippen LogP contribution < -0.4 is 10.2 Å². The fourth-order valence-electron chi connectivity index (χ4n) is 3.74. The van der Waals surface area contributed by atoms with Crippen LogP contribution in [0.25, 0.3) is 11.5 Å². The first-order valence-corrected chi connectivity index (χ1v) is 12.8. The van der Waals surface area contributed by atoms with Gasteiger partial charge in [0.2, 0.25) is 0 Å². The summed E-state index contributed by atoms with van der Waals surface area (Å²) in [4.78, 5) is 22.7. The summed E-state index contributed by atoms with van der Waals surface area (Å²) in [6, 6.07) is 7.34. The maximum Gasteiger partial charge on any atom is 0.435 e. The van der Waals surface area contributed by atoms with Crippen molar-refractivity contribution in [3.8, 4) is 17.3 Å². The molecule has 0 spiro atoms. The van der Waals surface area contributed by atoms with E-state index in [1.807, 2.05) is 0 Å². The number of nitrogens with one attached hydrogen (secondary N) is 1. The second kappa shape index (κ2) is 12.2. The van der Waals surface area contributed by atoms with E-state index in [0.29, 0.717) is 28.6 Å². The molecule has 4 rings (SSSR count). The van der Waals surface area contributed by atoms with Crippen LogP contribution in [0.2, 0.25) is 0 Å². The average Bonchev–Trinajstić information content (AvgIpc) is 3.65. The quantitative estimate of drug-likeness (QED) is 0.119. The van der Waals surface area contributed by atoms with Crippen LogP contribution in [0.5, 0.6) is 5.75 Å². The Hall–Kier alpha value is -4.74. The Labute approximate surface area is 234 Å². The van der Waals surface area contributed by atoms with Crippen LogP contribution in [-0.2, 0) is 31.1 Å². The molecule has 0 unspecified atom stereocenters. The molecule has 3 aromatic heterocycles. The van der Waals surface area contributed by atoms with Gasteiger partial charge in [-0.05, 0) is 41.7 Å². The molecule has 41 heavy (non-hydrogen) atoms. The molecule has 0 aliphatic heterocycles. The fraction of sp³-hybridized carbons (Fsp3) is 0.304. The molecular formula is C23H23F3N10O4S. The lowest BCUT2D eigenvalue weighted by Crippen LogP contribution is -2.20. The normalized spacial score (nSPS) is 11.8. The highest BCUT2D eigenvalue weighted by Gasteiger charge is 2.35. The molecule has 1 amide bonds. The molecular weight excluding hydrogens is 569 g/mol. The first-order chi connectivity index (χ1) is 19.5. The van der Waals surface area contributed by atoms with Crippen LogP contribution in [0, 0.1) is 10.1 Å². The number of aryl methyl sites for hydroxylation is 1. The molecule has 0 saturated heterocycles. The molecule has 4 aromatic rings. The Balaban J connectivity index is 1.38. The van der Waals surface area contributed by atoms with Crippen LogP contribution in [0.1, 0.15) is 23.7 Å². The largest absolute Gasteiger partial charge is 0.496 e. The monoisotopic (exact) mass is 592 g/mol. The molecule has 0 aliphatic carbocycles. The number of carbonyl (C=O) groups is 1. The van der Waals surface area contributed by atoms with Gasteiger partial charge in [0.05, 0.1) is 43.0 Å². The standard InChI is InChI=1S/C23H23F3N10O4S/c1-4-35-21(16-10-18(23(24,25)26)31-33(16)2)29-30-22(35)41-13-20(37)28-27-11-14-5-6-17(40-3)15(9-14)12-34-8-7-19(32-34)36(38)39/h5-11H,4,12-13H2,1-3H3,(H,28,37). The lowest BCUT2D eigenvalue weighted by molar-refractivity contribution is -0.389. The average molecular weight is 593 g/mol. The molecule has 3 heterocycles. The number of amides is 1. The van der Waals surface area contributed by atoms with Gasteiger partial charge >= 0.3 is 12.0 Å². The van der Waals surface area contributed by atoms with Crippen molar-refractivity contribution in [1.29, 1.82) is 0 Å². The molecule has 0 atom stereocenters. The molecule has 0 aliphatic rings. The minimum absolute atomic E-state index is 0.0827. The number of nitro groups is 1. The van der Waals surface area contributed by atoms with Crippen molar-refractivity contribution in [2.75, 3.05) is 12.9 Å². The molecule has 0 saturated carbocycles. The third-order valence-electron chi connectivity index (χ3n) is 5.62. The molecule has 216 valence electrons. The van der Waals surface area contributed by atoms with Gasteiger partial charge in [0, 0.05) is 19.2 Å². The summed E-state index contributed by atoms with van der Waals surface area (Å²) in [6.07, 6.45) is -1.70. The number of rotatable bonds is 11. The van der Waals surface area contributed by atoms with Crippen molar-refractivity contribution in [2.24, 2.45) is 12.1 Å². The number of alkyl halides is 3. The van der Waals surface area contributed by atoms with Gasteiger partial charge in [-0.3, -0.25) is 9.48 Å². The summed E-state index contributed by atoms with van der Waals surface area (Å²) in [5.41, 5.74) is 2.81. The van der Waals surface area contributed by atoms with E-state index in [1.165, 1.54) is 37.3 Å². The SMILES string of the molecule is CCn1c(SCC(=O)NN=Cc2ccc(OC)c(Cn3ccc([N+](=O)[O-])n3)c2)nnc1-c1cc(C(F)(F)F)nn1C. The van der Waals surface area contributed by atoms with Crippen molar-refractivity contribution in [1.82, 2.24) is 39.8 Å². The highest BCUT2D eigenvalue weighted by molar-refractivity contribution is 7.99. The number of benzene rings is 1. The third-order valence-corrected chi connectivity index (χ3v) is 6.58. The number of ether oxygens (including phenoxy) is 1. The number of nitrogens with zero attached hydrogens (tertiary/aromatic N) is 9. The van der Waals surface area contributed by atoms with Gasteiger partial charge in [0.1, 0.15) is 11.4 Å². The molecule has 0 fully saturated rings. The Kier molecular flexibility index (Phi) is 8.70. The van der Waals surface area contributed by atoms with Gasteiger partial charge in [-0.2, -0.15) is 28.1 Å². The summed E-state index contributed by atoms with van der Waals surface area (Å²) in [6.45, 7) is 2.33. The number of hydrogen-bond acceptors (Lipinski definition) is 10. The lowest BCUT2D eigenvalue weighted by atomic mass is 10.1. The van der Waals surface area contributed by atoms with Crippen molar-refractivity contribution < 1.29 is 27.6 Å². The van der Waals surface area contributed by atoms with Crippen LogP contribution in [-0.4, -0.2) is 64.2 Å². The van der Waals surface area contributed by atoms with E-state index in [9.17, 15) is 28.1 Å². The molecule has 0 radical (unpaired) electrons. The van der Waals surface area contributed by atoms with E-state index in [1.54, 1.807) is 29.7 Å². The van der Waals surface area contributed by atoms with Gasteiger partial charge in [0.25, 0.3) is 5.91 Å². The molecule has 1 N–H and O–H groups in total. The van der Waals surface area contributed by atoms with Gasteiger partial charge in [-0.25, -0.2) is 5.43 Å². The number of aromatic nitrogens is 7. The Morgan fingerprint density at radius 3 is 2.66 bits per heavy atom. The highest BCUT2D eigenvalue weighted by Crippen LogP contribution is 2.32. The number of carbonyl (C=O) groups excluding carboxylic acids is 1. The van der Waals surface area contributed by atoms with E-state index in [0.717, 1.165) is 22.5 Å². The lowest BCUT2D eigenvalue weighted by Gasteiger charge is -2.08. The van der Waals surface area contributed by atoms with E-state index >= 15 is 0 Å². The number of thioether (sulfide) groups is 1. The number of halogens is 3. The first kappa shape index (κ1) is 29.2. The zero-order valence-electron chi connectivity index (χ0n) is 21.9. The van der Waals surface area contributed by atoms with E-state index < -0.39 is 22.7 Å². The Morgan fingerprint density at radius 1 is 1.24 bits per heavy atom. The molecule has 14 nitrogen and oxygen atoms in total. The van der Waals surface area contributed by atoms with Crippen molar-refractivity contribution in [3.05, 3.63) is 63.5 Å². The maximum atomic E-state index is 13.1. The predicted octanol–water partition coefficient (Wildman–Crippen LogP) is 3.12. The van der Waals surface area contributed by atoms with Crippen molar-refractivity contribution in [2.45, 2.75) is 31.3 Å². The summed E-state index contributed by atoms with van der Waals surface area (Å²) < 4.78 is 48.6. The Morgan fingerprint density at radius 2 is 2.02 bits per heavy atom. The van der Waals surface area contributed by atoms with Crippen molar-refractivity contribution >= 4 is 29.7 Å². The molecule has 1 aromatic carbocycles. The highest BCUT2D eigenvalue weighted by atomic mass is 32.2. The second-order valence-electron chi connectivity index (χ2n) is 8.37. The Bertz CT molecular complexity index is 1590. The van der Waals surface area contributed by atoms with Crippen LogP contribution in [0.15, 0.2) is 46.8 Å². The summed E-state index contributed by atoms with van der Waals surface area (Å²) in [5.74, 6) is -0.0697. The van der Waals surface area contributed by atoms with Gasteiger partial charge in [-0.15, -0.1) is 10.2 Å². The third kappa shape index (κ3) is 6.89. The van der Waals surface area contributed by atoms with E-state index in [2.05, 4.69) is 30.9 Å². The zero-order valence-corrected chi connectivity index (χ0v) is 22.7. The minimum atomic E-state index is -4.60. The van der Waals surface area contributed by atoms with Gasteiger partial charge < -0.3 is 19.4 Å². The molecule has 18 heteroatoms. The van der Waals surface area contributed by atoms with Crippen LogP contribution in [0.4, 0.5) is 19.0 Å². The van der Waals surface area contributed by atoms with Gasteiger partial charge in [-0.1, -0.05) is 11.8 Å². The first-order valence-electron chi connectivity index (χ1n) is 11.8. The zero-order chi connectivity index (χ0) is 29.7. The number of methoxy groups -OCH3 is 1. The summed E-state index contributed by atoms with van der Waals surface area (Å²) in [7, 11) is 2.88. The number of hydrazone groups is 1. The van der Waals surface area contributed by atoms with E-state index in [4.69, 9.17) is 4.74 Å². The fourth-order valence-corrected chi connectivity index (χ4v) is 4.53. The van der Waals surface area contributed by atoms with Crippen molar-refractivity contribution in [3.63, 3.8) is 0 Å². The topological polar surface area (TPSA) is 160 Å². The number of hydrogen-bond donors (Lipinski definition) is 1. The summed E-state index contributed by atoms with van der Waals surface area (Å²) in [5, 5.41) is 30.6. The minimum Gasteiger partial charge on any atom is -0.496 e. The maximum absolute atomic E-state index is 13.1. The molecule has 0 bridgehead atoms. The second-order valence-corrected chi connectivity index (χ2v) is 9.31. The predicted molar refractivity (Wildman–Crippen MR) is 140 cm³/mol. The van der Waals surface area contributed by atoms with E-state index in [-0.39, 0.29) is 29.6 Å².